The fourth-order valence-electron chi connectivity index (χ4n) is 4.26. The molecule has 31 heavy (non-hydrogen) atoms. The van der Waals surface area contributed by atoms with E-state index in [0.29, 0.717) is 0 Å². The molecule has 156 valence electrons. The van der Waals surface area contributed by atoms with Gasteiger partial charge in [0.05, 0.1) is 0 Å². The molecule has 0 atom stereocenters. The summed E-state index contributed by atoms with van der Waals surface area (Å²) in [6.07, 6.45) is 7.80. The Morgan fingerprint density at radius 2 is 0.903 bits per heavy atom. The van der Waals surface area contributed by atoms with E-state index in [1.54, 1.807) is 0 Å². The summed E-state index contributed by atoms with van der Waals surface area (Å²) in [5.74, 6) is 0. The molecule has 4 rings (SSSR count). The molecular formula is C29H28BrP. The summed E-state index contributed by atoms with van der Waals surface area (Å²) < 4.78 is 0. The number of rotatable bonds is 8. The van der Waals surface area contributed by atoms with Crippen molar-refractivity contribution in [3.05, 3.63) is 139 Å². The van der Waals surface area contributed by atoms with E-state index in [2.05, 4.69) is 149 Å². The summed E-state index contributed by atoms with van der Waals surface area (Å²) >= 11 is 4.49. The first-order valence-electron chi connectivity index (χ1n) is 10.8. The van der Waals surface area contributed by atoms with Crippen molar-refractivity contribution >= 4 is 36.7 Å². The van der Waals surface area contributed by atoms with Crippen LogP contribution in [0.2, 0.25) is 0 Å². The molecule has 0 aromatic heterocycles. The third kappa shape index (κ3) is 4.45. The molecule has 4 aromatic rings. The summed E-state index contributed by atoms with van der Waals surface area (Å²) in [5.41, 5.74) is 1.39. The van der Waals surface area contributed by atoms with Gasteiger partial charge in [0.15, 0.2) is 0 Å². The number of hydrogen-bond acceptors (Lipinski definition) is 0. The predicted octanol–water partition coefficient (Wildman–Crippen LogP) is 7.02. The van der Waals surface area contributed by atoms with Gasteiger partial charge in [0.25, 0.3) is 0 Å². The van der Waals surface area contributed by atoms with Gasteiger partial charge in [0.1, 0.15) is 0 Å². The van der Waals surface area contributed by atoms with Gasteiger partial charge in [-0.15, -0.1) is 0 Å². The SMILES string of the molecule is BrP(CC=CCCc1ccccc1)(c1ccccc1)(c1ccccc1)c1ccccc1. The molecule has 0 bridgehead atoms. The minimum atomic E-state index is -2.84. The fraction of sp³-hybridized carbons (Fsp3) is 0.103. The molecule has 2 heteroatoms. The first kappa shape index (κ1) is 21.8. The van der Waals surface area contributed by atoms with Crippen molar-refractivity contribution in [2.75, 3.05) is 6.16 Å². The molecule has 0 saturated heterocycles. The Morgan fingerprint density at radius 3 is 1.32 bits per heavy atom. The van der Waals surface area contributed by atoms with Crippen molar-refractivity contribution in [3.8, 4) is 0 Å². The maximum absolute atomic E-state index is 4.49. The molecule has 4 aromatic carbocycles. The van der Waals surface area contributed by atoms with Crippen LogP contribution in [-0.2, 0) is 6.42 Å². The molecule has 0 unspecified atom stereocenters. The second kappa shape index (κ2) is 9.77. The van der Waals surface area contributed by atoms with Crippen LogP contribution < -0.4 is 15.9 Å². The van der Waals surface area contributed by atoms with Gasteiger partial charge in [0, 0.05) is 0 Å². The van der Waals surface area contributed by atoms with Crippen molar-refractivity contribution in [1.29, 1.82) is 0 Å². The zero-order chi connectivity index (χ0) is 21.4. The van der Waals surface area contributed by atoms with Crippen molar-refractivity contribution in [1.82, 2.24) is 0 Å². The molecule has 0 amide bonds. The number of halogens is 1. The molecule has 0 nitrogen and oxygen atoms in total. The van der Waals surface area contributed by atoms with E-state index in [1.807, 2.05) is 0 Å². The Hall–Kier alpha value is -2.47. The number of aryl methyl sites for hydroxylation is 1. The summed E-state index contributed by atoms with van der Waals surface area (Å²) in [4.78, 5) is 0. The molecule has 0 aliphatic carbocycles. The molecule has 0 spiro atoms. The van der Waals surface area contributed by atoms with Gasteiger partial charge < -0.3 is 0 Å². The summed E-state index contributed by atoms with van der Waals surface area (Å²) in [5, 5.41) is 1.24. The van der Waals surface area contributed by atoms with Gasteiger partial charge >= 0.3 is 195 Å². The average Bonchev–Trinajstić information content (AvgIpc) is 2.86. The third-order valence-corrected chi connectivity index (χ3v) is 15.5. The summed E-state index contributed by atoms with van der Waals surface area (Å²) in [6, 6.07) is 43.6. The van der Waals surface area contributed by atoms with Gasteiger partial charge in [-0.05, 0) is 0 Å². The van der Waals surface area contributed by atoms with Crippen LogP contribution in [0.1, 0.15) is 12.0 Å². The molecular weight excluding hydrogens is 459 g/mol. The molecule has 0 N–H and O–H groups in total. The second-order valence-electron chi connectivity index (χ2n) is 7.87. The zero-order valence-electron chi connectivity index (χ0n) is 17.6. The number of benzene rings is 4. The van der Waals surface area contributed by atoms with Crippen LogP contribution >= 0.6 is 20.8 Å². The van der Waals surface area contributed by atoms with E-state index < -0.39 is 5.31 Å². The standard InChI is InChI=1S/C29H28BrP/c30-31(27-19-9-2-10-20-27,28-21-11-3-12-22-28,29-23-13-4-14-24-29)25-15-5-8-18-26-16-6-1-7-17-26/h1-7,9-17,19-24H,8,18,25H2. The maximum atomic E-state index is 4.49. The van der Waals surface area contributed by atoms with Crippen molar-refractivity contribution in [2.45, 2.75) is 12.8 Å². The molecule has 0 saturated carbocycles. The fourth-order valence-corrected chi connectivity index (χ4v) is 11.3. The van der Waals surface area contributed by atoms with Crippen molar-refractivity contribution < 1.29 is 0 Å². The second-order valence-corrected chi connectivity index (χ2v) is 16.8. The first-order valence-corrected chi connectivity index (χ1v) is 15.2. The molecule has 0 aliphatic heterocycles. The Balaban J connectivity index is 1.76. The van der Waals surface area contributed by atoms with Gasteiger partial charge in [-0.1, -0.05) is 0 Å². The van der Waals surface area contributed by atoms with E-state index in [4.69, 9.17) is 0 Å². The van der Waals surface area contributed by atoms with Crippen molar-refractivity contribution in [2.24, 2.45) is 0 Å². The summed E-state index contributed by atoms with van der Waals surface area (Å²) in [7, 11) is 0. The minimum absolute atomic E-state index is 0.943. The van der Waals surface area contributed by atoms with Crippen molar-refractivity contribution in [3.63, 3.8) is 0 Å². The molecule has 0 radical (unpaired) electrons. The van der Waals surface area contributed by atoms with E-state index >= 15 is 0 Å². The van der Waals surface area contributed by atoms with Crippen LogP contribution in [0.3, 0.4) is 0 Å². The quantitative estimate of drug-likeness (QED) is 0.185. The van der Waals surface area contributed by atoms with Crippen LogP contribution in [0, 0.1) is 0 Å². The van der Waals surface area contributed by atoms with E-state index in [9.17, 15) is 0 Å². The Bertz CT molecular complexity index is 1010. The average molecular weight is 487 g/mol. The number of hydrogen-bond donors (Lipinski definition) is 0. The van der Waals surface area contributed by atoms with E-state index in [-0.39, 0.29) is 0 Å². The Labute approximate surface area is 194 Å². The monoisotopic (exact) mass is 486 g/mol. The summed E-state index contributed by atoms with van der Waals surface area (Å²) in [6.45, 7) is 0. The van der Waals surface area contributed by atoms with Gasteiger partial charge in [-0.25, -0.2) is 0 Å². The van der Waals surface area contributed by atoms with Crippen LogP contribution in [-0.4, -0.2) is 6.16 Å². The van der Waals surface area contributed by atoms with Gasteiger partial charge in [0.2, 0.25) is 0 Å². The Morgan fingerprint density at radius 1 is 0.516 bits per heavy atom. The van der Waals surface area contributed by atoms with Crippen LogP contribution in [0.5, 0.6) is 0 Å². The topological polar surface area (TPSA) is 0 Å². The van der Waals surface area contributed by atoms with E-state index in [0.717, 1.165) is 19.0 Å². The molecule has 0 aliphatic rings. The molecule has 0 fully saturated rings. The van der Waals surface area contributed by atoms with Gasteiger partial charge in [-0.2, -0.15) is 0 Å². The number of allylic oxidation sites excluding steroid dienone is 2. The van der Waals surface area contributed by atoms with Crippen LogP contribution in [0.15, 0.2) is 133 Å². The Kier molecular flexibility index (Phi) is 6.86. The normalized spacial score (nSPS) is 13.0. The van der Waals surface area contributed by atoms with Crippen LogP contribution in [0.25, 0.3) is 0 Å². The van der Waals surface area contributed by atoms with E-state index in [1.165, 1.54) is 21.5 Å². The van der Waals surface area contributed by atoms with Gasteiger partial charge in [-0.3, -0.25) is 0 Å². The first-order chi connectivity index (χ1) is 15.2. The zero-order valence-corrected chi connectivity index (χ0v) is 20.1. The van der Waals surface area contributed by atoms with Crippen LogP contribution in [0.4, 0.5) is 0 Å². The third-order valence-electron chi connectivity index (χ3n) is 5.94. The molecule has 0 heterocycles. The predicted molar refractivity (Wildman–Crippen MR) is 143 cm³/mol.